The first-order valence-electron chi connectivity index (χ1n) is 6.35. The van der Waals surface area contributed by atoms with Crippen LogP contribution in [0.2, 0.25) is 0 Å². The molecule has 1 aromatic carbocycles. The third-order valence-corrected chi connectivity index (χ3v) is 3.29. The number of carbonyl (C=O) groups is 1. The average Bonchev–Trinajstić information content (AvgIpc) is 3.20. The highest BCUT2D eigenvalue weighted by Gasteiger charge is 2.31. The van der Waals surface area contributed by atoms with Crippen molar-refractivity contribution in [2.45, 2.75) is 25.3 Å². The Labute approximate surface area is 120 Å². The second kappa shape index (κ2) is 7.36. The van der Waals surface area contributed by atoms with Gasteiger partial charge < -0.3 is 15.8 Å². The lowest BCUT2D eigenvalue weighted by molar-refractivity contribution is -0.121. The number of nitrogens with one attached hydrogen (secondary N) is 1. The Morgan fingerprint density at radius 2 is 2.26 bits per heavy atom. The van der Waals surface area contributed by atoms with E-state index in [4.69, 9.17) is 10.5 Å². The van der Waals surface area contributed by atoms with Crippen molar-refractivity contribution < 1.29 is 9.53 Å². The van der Waals surface area contributed by atoms with Crippen LogP contribution in [0, 0.1) is 5.92 Å². The molecule has 19 heavy (non-hydrogen) atoms. The molecule has 1 fully saturated rings. The van der Waals surface area contributed by atoms with Crippen LogP contribution in [0.1, 0.15) is 18.4 Å². The summed E-state index contributed by atoms with van der Waals surface area (Å²) in [4.78, 5) is 11.9. The fourth-order valence-electron chi connectivity index (χ4n) is 2.09. The van der Waals surface area contributed by atoms with Gasteiger partial charge in [0.15, 0.2) is 0 Å². The predicted molar refractivity (Wildman–Crippen MR) is 77.7 cm³/mol. The average molecular weight is 285 g/mol. The summed E-state index contributed by atoms with van der Waals surface area (Å²) in [5.41, 5.74) is 6.62. The summed E-state index contributed by atoms with van der Waals surface area (Å²) in [6, 6.07) is 7.71. The molecule has 1 amide bonds. The van der Waals surface area contributed by atoms with E-state index in [1.165, 1.54) is 12.8 Å². The van der Waals surface area contributed by atoms with Crippen molar-refractivity contribution in [3.05, 3.63) is 29.8 Å². The Hall–Kier alpha value is -1.26. The molecule has 1 saturated carbocycles. The molecule has 0 aromatic heterocycles. The monoisotopic (exact) mass is 284 g/mol. The van der Waals surface area contributed by atoms with Crippen LogP contribution in [0.3, 0.4) is 0 Å². The van der Waals surface area contributed by atoms with Gasteiger partial charge >= 0.3 is 0 Å². The first kappa shape index (κ1) is 15.8. The Kier molecular flexibility index (Phi) is 6.12. The molecule has 5 heteroatoms. The highest BCUT2D eigenvalue weighted by molar-refractivity contribution is 5.85. The number of hydrogen-bond donors (Lipinski definition) is 2. The summed E-state index contributed by atoms with van der Waals surface area (Å²) in [6.07, 6.45) is 2.74. The summed E-state index contributed by atoms with van der Waals surface area (Å²) >= 11 is 0. The number of amides is 1. The molecule has 0 saturated heterocycles. The quantitative estimate of drug-likeness (QED) is 0.832. The molecule has 3 N–H and O–H groups in total. The lowest BCUT2D eigenvalue weighted by Gasteiger charge is -2.16. The van der Waals surface area contributed by atoms with Gasteiger partial charge in [0.1, 0.15) is 5.75 Å². The van der Waals surface area contributed by atoms with Crippen molar-refractivity contribution in [1.82, 2.24) is 5.32 Å². The topological polar surface area (TPSA) is 64.3 Å². The molecule has 1 aromatic rings. The Morgan fingerprint density at radius 1 is 1.53 bits per heavy atom. The van der Waals surface area contributed by atoms with Gasteiger partial charge in [-0.3, -0.25) is 4.79 Å². The standard InChI is InChI=1S/C14H20N2O2.ClH/c1-18-12-4-2-3-10(7-12)8-14(17)16-13(9-15)11-5-6-11;/h2-4,7,11,13H,5-6,8-9,15H2,1H3,(H,16,17);1H. The maximum atomic E-state index is 11.9. The third-order valence-electron chi connectivity index (χ3n) is 3.29. The van der Waals surface area contributed by atoms with E-state index in [0.717, 1.165) is 11.3 Å². The molecule has 1 aliphatic carbocycles. The van der Waals surface area contributed by atoms with E-state index >= 15 is 0 Å². The van der Waals surface area contributed by atoms with Crippen molar-refractivity contribution in [3.8, 4) is 5.75 Å². The number of ether oxygens (including phenoxy) is 1. The molecule has 1 unspecified atom stereocenters. The Bertz CT molecular complexity index is 422. The fraction of sp³-hybridized carbons (Fsp3) is 0.500. The van der Waals surface area contributed by atoms with Crippen LogP contribution in [-0.2, 0) is 11.2 Å². The van der Waals surface area contributed by atoms with Gasteiger partial charge in [-0.2, -0.15) is 0 Å². The number of rotatable bonds is 6. The molecule has 0 radical (unpaired) electrons. The highest BCUT2D eigenvalue weighted by atomic mass is 35.5. The zero-order valence-corrected chi connectivity index (χ0v) is 11.9. The van der Waals surface area contributed by atoms with Gasteiger partial charge in [-0.05, 0) is 36.5 Å². The second-order valence-corrected chi connectivity index (χ2v) is 4.78. The van der Waals surface area contributed by atoms with Gasteiger partial charge in [-0.25, -0.2) is 0 Å². The first-order chi connectivity index (χ1) is 8.72. The number of halogens is 1. The molecule has 106 valence electrons. The summed E-state index contributed by atoms with van der Waals surface area (Å²) in [5.74, 6) is 1.40. The molecule has 0 aliphatic heterocycles. The maximum Gasteiger partial charge on any atom is 0.224 e. The molecule has 2 rings (SSSR count). The lowest BCUT2D eigenvalue weighted by atomic mass is 10.1. The highest BCUT2D eigenvalue weighted by Crippen LogP contribution is 2.32. The van der Waals surface area contributed by atoms with Crippen molar-refractivity contribution in [2.75, 3.05) is 13.7 Å². The molecule has 1 atom stereocenters. The van der Waals surface area contributed by atoms with Gasteiger partial charge in [-0.15, -0.1) is 12.4 Å². The van der Waals surface area contributed by atoms with Gasteiger partial charge in [0.25, 0.3) is 0 Å². The van der Waals surface area contributed by atoms with E-state index in [2.05, 4.69) is 5.32 Å². The maximum absolute atomic E-state index is 11.9. The minimum absolute atomic E-state index is 0. The zero-order chi connectivity index (χ0) is 13.0. The summed E-state index contributed by atoms with van der Waals surface area (Å²) in [5, 5.41) is 3.01. The van der Waals surface area contributed by atoms with E-state index in [1.54, 1.807) is 7.11 Å². The van der Waals surface area contributed by atoms with Gasteiger partial charge in [0.05, 0.1) is 13.5 Å². The van der Waals surface area contributed by atoms with Crippen LogP contribution in [0.4, 0.5) is 0 Å². The van der Waals surface area contributed by atoms with Crippen LogP contribution in [0.25, 0.3) is 0 Å². The van der Waals surface area contributed by atoms with Crippen LogP contribution in [0.15, 0.2) is 24.3 Å². The van der Waals surface area contributed by atoms with Crippen LogP contribution in [-0.4, -0.2) is 25.6 Å². The minimum Gasteiger partial charge on any atom is -0.497 e. The van der Waals surface area contributed by atoms with Crippen LogP contribution >= 0.6 is 12.4 Å². The molecular weight excluding hydrogens is 264 g/mol. The first-order valence-corrected chi connectivity index (χ1v) is 6.35. The minimum atomic E-state index is 0. The predicted octanol–water partition coefficient (Wildman–Crippen LogP) is 1.51. The van der Waals surface area contributed by atoms with E-state index < -0.39 is 0 Å². The second-order valence-electron chi connectivity index (χ2n) is 4.78. The van der Waals surface area contributed by atoms with Crippen LogP contribution in [0.5, 0.6) is 5.75 Å². The van der Waals surface area contributed by atoms with Crippen LogP contribution < -0.4 is 15.8 Å². The summed E-state index contributed by atoms with van der Waals surface area (Å²) < 4.78 is 5.14. The van der Waals surface area contributed by atoms with Crippen molar-refractivity contribution in [3.63, 3.8) is 0 Å². The molecule has 0 heterocycles. The van der Waals surface area contributed by atoms with Crippen molar-refractivity contribution in [2.24, 2.45) is 11.7 Å². The van der Waals surface area contributed by atoms with Gasteiger partial charge in [-0.1, -0.05) is 12.1 Å². The van der Waals surface area contributed by atoms with E-state index in [1.807, 2.05) is 24.3 Å². The van der Waals surface area contributed by atoms with Crippen molar-refractivity contribution in [1.29, 1.82) is 0 Å². The van der Waals surface area contributed by atoms with Gasteiger partial charge in [0.2, 0.25) is 5.91 Å². The smallest absolute Gasteiger partial charge is 0.224 e. The molecular formula is C14H21ClN2O2. The number of methoxy groups -OCH3 is 1. The number of nitrogens with two attached hydrogens (primary N) is 1. The number of carbonyl (C=O) groups excluding carboxylic acids is 1. The molecule has 0 bridgehead atoms. The Morgan fingerprint density at radius 3 is 2.84 bits per heavy atom. The molecule has 4 nitrogen and oxygen atoms in total. The number of benzene rings is 1. The third kappa shape index (κ3) is 4.73. The van der Waals surface area contributed by atoms with E-state index in [9.17, 15) is 4.79 Å². The normalized spacial score (nSPS) is 15.3. The van der Waals surface area contributed by atoms with Gasteiger partial charge in [0, 0.05) is 12.6 Å². The SMILES string of the molecule is COc1cccc(CC(=O)NC(CN)C2CC2)c1.Cl. The molecule has 1 aliphatic rings. The van der Waals surface area contributed by atoms with E-state index in [-0.39, 0.29) is 24.4 Å². The fourth-order valence-corrected chi connectivity index (χ4v) is 2.09. The largest absolute Gasteiger partial charge is 0.497 e. The lowest BCUT2D eigenvalue weighted by Crippen LogP contribution is -2.42. The summed E-state index contributed by atoms with van der Waals surface area (Å²) in [7, 11) is 1.62. The summed E-state index contributed by atoms with van der Waals surface area (Å²) in [6.45, 7) is 0.522. The van der Waals surface area contributed by atoms with E-state index in [0.29, 0.717) is 18.9 Å². The zero-order valence-electron chi connectivity index (χ0n) is 11.1. The number of hydrogen-bond acceptors (Lipinski definition) is 3. The molecule has 0 spiro atoms. The van der Waals surface area contributed by atoms with Crippen molar-refractivity contribution >= 4 is 18.3 Å². The Balaban J connectivity index is 0.00000180.